The van der Waals surface area contributed by atoms with Gasteiger partial charge in [-0.1, -0.05) is 23.7 Å². The van der Waals surface area contributed by atoms with Gasteiger partial charge in [0.1, 0.15) is 0 Å². The third-order valence-corrected chi connectivity index (χ3v) is 6.30. The summed E-state index contributed by atoms with van der Waals surface area (Å²) in [5, 5.41) is 0.235. The quantitative estimate of drug-likeness (QED) is 0.669. The predicted octanol–water partition coefficient (Wildman–Crippen LogP) is 4.11. The normalized spacial score (nSPS) is 18.7. The van der Waals surface area contributed by atoms with E-state index in [9.17, 15) is 26.4 Å². The largest absolute Gasteiger partial charge is 0.414 e. The van der Waals surface area contributed by atoms with Gasteiger partial charge in [-0.25, -0.2) is 12.7 Å². The highest BCUT2D eigenvalue weighted by Gasteiger charge is 2.55. The van der Waals surface area contributed by atoms with Gasteiger partial charge in [-0.05, 0) is 36.4 Å². The van der Waals surface area contributed by atoms with Crippen molar-refractivity contribution in [1.29, 1.82) is 0 Å². The van der Waals surface area contributed by atoms with E-state index in [1.54, 1.807) is 0 Å². The highest BCUT2D eigenvalue weighted by molar-refractivity contribution is 7.93. The number of nitrogens with zero attached hydrogens (tertiary/aromatic N) is 2. The van der Waals surface area contributed by atoms with Crippen molar-refractivity contribution in [2.75, 3.05) is 18.4 Å². The molecule has 0 saturated heterocycles. The number of para-hydroxylation sites is 1. The minimum atomic E-state index is -5.04. The van der Waals surface area contributed by atoms with Gasteiger partial charge in [-0.15, -0.1) is 0 Å². The van der Waals surface area contributed by atoms with Crippen molar-refractivity contribution in [1.82, 2.24) is 4.90 Å². The van der Waals surface area contributed by atoms with Gasteiger partial charge >= 0.3 is 6.18 Å². The van der Waals surface area contributed by atoms with Crippen molar-refractivity contribution in [3.8, 4) is 0 Å². The maximum atomic E-state index is 14.1. The van der Waals surface area contributed by atoms with E-state index >= 15 is 0 Å². The van der Waals surface area contributed by atoms with Crippen molar-refractivity contribution in [3.05, 3.63) is 70.9 Å². The van der Waals surface area contributed by atoms with E-state index in [1.807, 2.05) is 0 Å². The van der Waals surface area contributed by atoms with Crippen molar-refractivity contribution in [2.24, 2.45) is 0 Å². The SMILES string of the molecule is CN(C)/C=C1\C(=O)c2ccccc2N(S(=O)(=O)c2ccc(Cl)cc2)C1C(F)(F)F. The molecule has 29 heavy (non-hydrogen) atoms. The van der Waals surface area contributed by atoms with E-state index in [-0.39, 0.29) is 25.5 Å². The van der Waals surface area contributed by atoms with Crippen LogP contribution in [0.1, 0.15) is 10.4 Å². The molecule has 0 aromatic heterocycles. The number of anilines is 1. The number of fused-ring (bicyclic) bond motifs is 1. The first-order chi connectivity index (χ1) is 13.4. The Hall–Kier alpha value is -2.52. The molecule has 1 aliphatic heterocycles. The lowest BCUT2D eigenvalue weighted by Gasteiger charge is -2.39. The Morgan fingerprint density at radius 3 is 2.21 bits per heavy atom. The summed E-state index contributed by atoms with van der Waals surface area (Å²) in [6, 6.07) is 7.45. The highest BCUT2D eigenvalue weighted by Crippen LogP contribution is 2.43. The van der Waals surface area contributed by atoms with Crippen molar-refractivity contribution in [2.45, 2.75) is 17.1 Å². The number of hydrogen-bond donors (Lipinski definition) is 0. The van der Waals surface area contributed by atoms with Crippen molar-refractivity contribution in [3.63, 3.8) is 0 Å². The Kier molecular flexibility index (Phi) is 5.40. The third-order valence-electron chi connectivity index (χ3n) is 4.26. The van der Waals surface area contributed by atoms with Gasteiger partial charge in [0.15, 0.2) is 11.8 Å². The van der Waals surface area contributed by atoms with Crippen LogP contribution in [0, 0.1) is 0 Å². The first kappa shape index (κ1) is 21.2. The number of rotatable bonds is 3. The minimum absolute atomic E-state index is 0.126. The highest BCUT2D eigenvalue weighted by atomic mass is 35.5. The van der Waals surface area contributed by atoms with Crippen LogP contribution in [0.3, 0.4) is 0 Å². The zero-order chi connectivity index (χ0) is 21.6. The Morgan fingerprint density at radius 2 is 1.66 bits per heavy atom. The molecule has 1 unspecified atom stereocenters. The Balaban J connectivity index is 2.35. The van der Waals surface area contributed by atoms with Crippen molar-refractivity contribution < 1.29 is 26.4 Å². The molecule has 1 aliphatic rings. The summed E-state index contributed by atoms with van der Waals surface area (Å²) in [6.45, 7) is 0. The van der Waals surface area contributed by atoms with Crippen LogP contribution in [0.4, 0.5) is 18.9 Å². The fourth-order valence-electron chi connectivity index (χ4n) is 3.11. The lowest BCUT2D eigenvalue weighted by molar-refractivity contribution is -0.137. The summed E-state index contributed by atoms with van der Waals surface area (Å²) in [6.07, 6.45) is -4.04. The van der Waals surface area contributed by atoms with E-state index in [1.165, 1.54) is 55.4 Å². The molecular formula is C19H16ClF3N2O3S. The number of halogens is 4. The Morgan fingerprint density at radius 1 is 1.07 bits per heavy atom. The molecule has 0 saturated carbocycles. The summed E-state index contributed by atoms with van der Waals surface area (Å²) >= 11 is 5.78. The molecular weight excluding hydrogens is 429 g/mol. The van der Waals surface area contributed by atoms with Gasteiger partial charge in [0.25, 0.3) is 10.0 Å². The number of benzene rings is 2. The second-order valence-electron chi connectivity index (χ2n) is 6.59. The fourth-order valence-corrected chi connectivity index (χ4v) is 4.87. The van der Waals surface area contributed by atoms with Crippen LogP contribution < -0.4 is 4.31 Å². The minimum Gasteiger partial charge on any atom is -0.383 e. The van der Waals surface area contributed by atoms with Crippen LogP contribution in [-0.2, 0) is 10.0 Å². The predicted molar refractivity (Wildman–Crippen MR) is 104 cm³/mol. The van der Waals surface area contributed by atoms with Crippen molar-refractivity contribution >= 4 is 33.1 Å². The summed E-state index contributed by atoms with van der Waals surface area (Å²) in [5.41, 5.74) is -1.14. The summed E-state index contributed by atoms with van der Waals surface area (Å²) in [5.74, 6) is -0.876. The number of Topliss-reactive ketones (excluding diaryl/α,β-unsaturated/α-hetero) is 1. The number of alkyl halides is 3. The summed E-state index contributed by atoms with van der Waals surface area (Å²) in [7, 11) is -1.77. The first-order valence-electron chi connectivity index (χ1n) is 8.33. The molecule has 154 valence electrons. The average molecular weight is 445 g/mol. The maximum absolute atomic E-state index is 14.1. The van der Waals surface area contributed by atoms with Gasteiger partial charge in [0.05, 0.1) is 10.6 Å². The van der Waals surface area contributed by atoms with E-state index < -0.39 is 33.6 Å². The van der Waals surface area contributed by atoms with E-state index in [0.717, 1.165) is 18.3 Å². The standard InChI is InChI=1S/C19H16ClF3N2O3S/c1-24(2)11-15-17(26)14-5-3-4-6-16(14)25(18(15)19(21,22)23)29(27,28)13-9-7-12(20)8-10-13/h3-11,18H,1-2H3/b15-11+. The molecule has 10 heteroatoms. The zero-order valence-corrected chi connectivity index (χ0v) is 16.9. The van der Waals surface area contributed by atoms with Gasteiger partial charge in [-0.3, -0.25) is 4.79 Å². The molecule has 0 radical (unpaired) electrons. The van der Waals surface area contributed by atoms with Crippen LogP contribution in [0.5, 0.6) is 0 Å². The molecule has 2 aromatic rings. The zero-order valence-electron chi connectivity index (χ0n) is 15.3. The molecule has 0 fully saturated rings. The molecule has 2 aromatic carbocycles. The number of hydrogen-bond acceptors (Lipinski definition) is 4. The molecule has 5 nitrogen and oxygen atoms in total. The van der Waals surface area contributed by atoms with Gasteiger partial charge in [0, 0.05) is 36.5 Å². The third kappa shape index (κ3) is 3.84. The molecule has 1 atom stereocenters. The fraction of sp³-hybridized carbons (Fsp3) is 0.211. The second-order valence-corrected chi connectivity index (χ2v) is 8.84. The van der Waals surface area contributed by atoms with E-state index in [4.69, 9.17) is 11.6 Å². The first-order valence-corrected chi connectivity index (χ1v) is 10.1. The molecule has 0 aliphatic carbocycles. The van der Waals surface area contributed by atoms with E-state index in [0.29, 0.717) is 0 Å². The smallest absolute Gasteiger partial charge is 0.383 e. The van der Waals surface area contributed by atoms with Crippen LogP contribution in [0.2, 0.25) is 5.02 Å². The van der Waals surface area contributed by atoms with Gasteiger partial charge in [-0.2, -0.15) is 13.2 Å². The number of ketones is 1. The molecule has 3 rings (SSSR count). The number of carbonyl (C=O) groups is 1. The van der Waals surface area contributed by atoms with Gasteiger partial charge in [0.2, 0.25) is 0 Å². The lowest BCUT2D eigenvalue weighted by Crippen LogP contribution is -2.54. The summed E-state index contributed by atoms with van der Waals surface area (Å²) in [4.78, 5) is 13.7. The van der Waals surface area contributed by atoms with E-state index in [2.05, 4.69) is 0 Å². The van der Waals surface area contributed by atoms with Crippen LogP contribution in [-0.4, -0.2) is 45.4 Å². The topological polar surface area (TPSA) is 57.7 Å². The van der Waals surface area contributed by atoms with Crippen LogP contribution in [0.15, 0.2) is 65.2 Å². The second kappa shape index (κ2) is 7.38. The number of sulfonamides is 1. The Bertz CT molecular complexity index is 1080. The molecule has 0 bridgehead atoms. The number of carbonyl (C=O) groups excluding carboxylic acids is 1. The lowest BCUT2D eigenvalue weighted by atomic mass is 9.91. The Labute approximate surface area is 171 Å². The molecule has 1 heterocycles. The molecule has 0 N–H and O–H groups in total. The van der Waals surface area contributed by atoms with Gasteiger partial charge < -0.3 is 4.90 Å². The average Bonchev–Trinajstić information content (AvgIpc) is 2.62. The van der Waals surface area contributed by atoms with Crippen LogP contribution >= 0.6 is 11.6 Å². The monoisotopic (exact) mass is 444 g/mol. The molecule has 0 amide bonds. The summed E-state index contributed by atoms with van der Waals surface area (Å²) < 4.78 is 69.2. The van der Waals surface area contributed by atoms with Crippen LogP contribution in [0.25, 0.3) is 0 Å². The molecule has 0 spiro atoms. The maximum Gasteiger partial charge on any atom is 0.414 e.